The average Bonchev–Trinajstić information content (AvgIpc) is 3.14. The Morgan fingerprint density at radius 1 is 0.897 bits per heavy atom. The highest BCUT2D eigenvalue weighted by Crippen LogP contribution is 2.28. The van der Waals surface area contributed by atoms with E-state index in [9.17, 15) is 9.18 Å². The Morgan fingerprint density at radius 2 is 1.62 bits per heavy atom. The van der Waals surface area contributed by atoms with Crippen LogP contribution in [0, 0.1) is 0 Å². The lowest BCUT2D eigenvalue weighted by atomic mass is 9.94. The van der Waals surface area contributed by atoms with Crippen LogP contribution in [-0.2, 0) is 13.0 Å². The van der Waals surface area contributed by atoms with Crippen LogP contribution < -0.4 is 0 Å². The van der Waals surface area contributed by atoms with E-state index in [2.05, 4.69) is 18.1 Å². The van der Waals surface area contributed by atoms with Crippen LogP contribution in [-0.4, -0.2) is 22.2 Å². The van der Waals surface area contributed by atoms with Crippen molar-refractivity contribution >= 4 is 27.5 Å². The standard InChI is InChI=1S/C25H25FN2O/c1-2-18-14-15-21(20-11-5-4-10-19(18)20)25(29)24-22-12-6-7-13-23(22)28(27-24)17-9-3-8-16-26/h4-7,10-15H,2-3,8-9,16-17H2,1H3. The van der Waals surface area contributed by atoms with Crippen molar-refractivity contribution in [1.29, 1.82) is 0 Å². The van der Waals surface area contributed by atoms with E-state index in [-0.39, 0.29) is 12.5 Å². The van der Waals surface area contributed by atoms with Gasteiger partial charge in [0.25, 0.3) is 0 Å². The maximum atomic E-state index is 13.5. The Kier molecular flexibility index (Phi) is 5.70. The fourth-order valence-corrected chi connectivity index (χ4v) is 3.99. The minimum Gasteiger partial charge on any atom is -0.287 e. The van der Waals surface area contributed by atoms with Crippen LogP contribution in [0.4, 0.5) is 4.39 Å². The van der Waals surface area contributed by atoms with Crippen LogP contribution >= 0.6 is 0 Å². The third-order valence-corrected chi connectivity index (χ3v) is 5.52. The molecule has 0 aliphatic carbocycles. The van der Waals surface area contributed by atoms with Gasteiger partial charge >= 0.3 is 0 Å². The first kappa shape index (κ1) is 19.3. The Bertz CT molecular complexity index is 1160. The molecule has 0 unspecified atom stereocenters. The molecule has 4 heteroatoms. The largest absolute Gasteiger partial charge is 0.287 e. The van der Waals surface area contributed by atoms with E-state index in [1.165, 1.54) is 5.56 Å². The fraction of sp³-hybridized carbons (Fsp3) is 0.280. The quantitative estimate of drug-likeness (QED) is 0.269. The molecule has 3 aromatic carbocycles. The summed E-state index contributed by atoms with van der Waals surface area (Å²) in [6.45, 7) is 2.52. The van der Waals surface area contributed by atoms with Crippen LogP contribution in [0.15, 0.2) is 60.7 Å². The summed E-state index contributed by atoms with van der Waals surface area (Å²) < 4.78 is 14.3. The van der Waals surface area contributed by atoms with E-state index in [4.69, 9.17) is 0 Å². The topological polar surface area (TPSA) is 34.9 Å². The molecule has 0 atom stereocenters. The van der Waals surface area contributed by atoms with Crippen LogP contribution in [0.1, 0.15) is 47.8 Å². The van der Waals surface area contributed by atoms with Gasteiger partial charge in [0.1, 0.15) is 5.69 Å². The molecule has 148 valence electrons. The number of nitrogens with zero attached hydrogens (tertiary/aromatic N) is 2. The summed E-state index contributed by atoms with van der Waals surface area (Å²) >= 11 is 0. The summed E-state index contributed by atoms with van der Waals surface area (Å²) in [7, 11) is 0. The molecule has 0 fully saturated rings. The molecule has 0 N–H and O–H groups in total. The van der Waals surface area contributed by atoms with Crippen molar-refractivity contribution in [3.8, 4) is 0 Å². The minimum absolute atomic E-state index is 0.0532. The van der Waals surface area contributed by atoms with Gasteiger partial charge in [0, 0.05) is 17.5 Å². The number of aromatic nitrogens is 2. The number of para-hydroxylation sites is 1. The Balaban J connectivity index is 1.77. The molecule has 3 nitrogen and oxygen atoms in total. The molecule has 29 heavy (non-hydrogen) atoms. The van der Waals surface area contributed by atoms with Gasteiger partial charge in [-0.05, 0) is 48.1 Å². The van der Waals surface area contributed by atoms with Gasteiger partial charge in [0.05, 0.1) is 12.2 Å². The van der Waals surface area contributed by atoms with Crippen molar-refractivity contribution in [3.05, 3.63) is 77.5 Å². The summed E-state index contributed by atoms with van der Waals surface area (Å²) in [4.78, 5) is 13.5. The zero-order chi connectivity index (χ0) is 20.2. The van der Waals surface area contributed by atoms with Crippen LogP contribution in [0.25, 0.3) is 21.7 Å². The molecule has 1 heterocycles. The molecular weight excluding hydrogens is 363 g/mol. The first-order valence-electron chi connectivity index (χ1n) is 10.3. The normalized spacial score (nSPS) is 11.4. The van der Waals surface area contributed by atoms with E-state index in [0.717, 1.165) is 40.9 Å². The smallest absolute Gasteiger partial charge is 0.214 e. The predicted octanol–water partition coefficient (Wildman–Crippen LogP) is 6.12. The molecule has 0 amide bonds. The van der Waals surface area contributed by atoms with Crippen LogP contribution in [0.5, 0.6) is 0 Å². The second-order valence-corrected chi connectivity index (χ2v) is 7.34. The van der Waals surface area contributed by atoms with E-state index >= 15 is 0 Å². The Hall–Kier alpha value is -3.01. The first-order chi connectivity index (χ1) is 14.2. The van der Waals surface area contributed by atoms with Crippen LogP contribution in [0.2, 0.25) is 0 Å². The predicted molar refractivity (Wildman–Crippen MR) is 116 cm³/mol. The molecule has 0 spiro atoms. The fourth-order valence-electron chi connectivity index (χ4n) is 3.99. The van der Waals surface area contributed by atoms with Crippen molar-refractivity contribution in [2.75, 3.05) is 6.67 Å². The molecule has 1 aromatic heterocycles. The molecule has 0 radical (unpaired) electrons. The lowest BCUT2D eigenvalue weighted by Crippen LogP contribution is -2.07. The van der Waals surface area contributed by atoms with Crippen molar-refractivity contribution in [1.82, 2.24) is 9.78 Å². The van der Waals surface area contributed by atoms with Gasteiger partial charge in [-0.15, -0.1) is 0 Å². The summed E-state index contributed by atoms with van der Waals surface area (Å²) in [5.41, 5.74) is 3.36. The summed E-state index contributed by atoms with van der Waals surface area (Å²) in [6.07, 6.45) is 3.15. The van der Waals surface area contributed by atoms with Gasteiger partial charge in [-0.25, -0.2) is 0 Å². The molecule has 0 aliphatic heterocycles. The van der Waals surface area contributed by atoms with Crippen molar-refractivity contribution < 1.29 is 9.18 Å². The monoisotopic (exact) mass is 388 g/mol. The third-order valence-electron chi connectivity index (χ3n) is 5.52. The Labute approximate surface area is 170 Å². The molecule has 0 bridgehead atoms. The average molecular weight is 388 g/mol. The molecule has 0 saturated heterocycles. The molecule has 4 rings (SSSR count). The number of hydrogen-bond acceptors (Lipinski definition) is 2. The summed E-state index contributed by atoms with van der Waals surface area (Å²) in [5, 5.41) is 7.65. The lowest BCUT2D eigenvalue weighted by Gasteiger charge is -2.09. The highest BCUT2D eigenvalue weighted by atomic mass is 19.1. The van der Waals surface area contributed by atoms with Crippen molar-refractivity contribution in [2.24, 2.45) is 0 Å². The highest BCUT2D eigenvalue weighted by Gasteiger charge is 2.20. The number of aryl methyl sites for hydroxylation is 2. The van der Waals surface area contributed by atoms with E-state index < -0.39 is 0 Å². The maximum Gasteiger partial charge on any atom is 0.214 e. The van der Waals surface area contributed by atoms with Crippen LogP contribution in [0.3, 0.4) is 0 Å². The number of carbonyl (C=O) groups is 1. The number of benzene rings is 3. The van der Waals surface area contributed by atoms with E-state index in [1.807, 2.05) is 59.3 Å². The van der Waals surface area contributed by atoms with Gasteiger partial charge in [0.15, 0.2) is 0 Å². The number of rotatable bonds is 8. The molecular formula is C25H25FN2O. The number of halogens is 1. The lowest BCUT2D eigenvalue weighted by molar-refractivity contribution is 0.103. The van der Waals surface area contributed by atoms with Crippen molar-refractivity contribution in [3.63, 3.8) is 0 Å². The molecule has 0 saturated carbocycles. The van der Waals surface area contributed by atoms with Gasteiger partial charge in [0.2, 0.25) is 5.78 Å². The SMILES string of the molecule is CCc1ccc(C(=O)c2nn(CCCCCF)c3ccccc23)c2ccccc12. The first-order valence-corrected chi connectivity index (χ1v) is 10.3. The van der Waals surface area contributed by atoms with Gasteiger partial charge < -0.3 is 0 Å². The summed E-state index contributed by atoms with van der Waals surface area (Å²) in [5.74, 6) is -0.0532. The van der Waals surface area contributed by atoms with Gasteiger partial charge in [-0.3, -0.25) is 13.9 Å². The molecule has 4 aromatic rings. The zero-order valence-electron chi connectivity index (χ0n) is 16.7. The van der Waals surface area contributed by atoms with Gasteiger partial charge in [-0.1, -0.05) is 61.5 Å². The number of carbonyl (C=O) groups excluding carboxylic acids is 1. The number of fused-ring (bicyclic) bond motifs is 2. The number of hydrogen-bond donors (Lipinski definition) is 0. The summed E-state index contributed by atoms with van der Waals surface area (Å²) in [6, 6.07) is 19.9. The number of alkyl halides is 1. The number of unbranched alkanes of at least 4 members (excludes halogenated alkanes) is 2. The van der Waals surface area contributed by atoms with E-state index in [1.54, 1.807) is 0 Å². The van der Waals surface area contributed by atoms with Gasteiger partial charge in [-0.2, -0.15) is 5.10 Å². The Morgan fingerprint density at radius 3 is 2.38 bits per heavy atom. The second-order valence-electron chi connectivity index (χ2n) is 7.34. The highest BCUT2D eigenvalue weighted by molar-refractivity contribution is 6.20. The second kappa shape index (κ2) is 8.56. The minimum atomic E-state index is -0.287. The molecule has 0 aliphatic rings. The van der Waals surface area contributed by atoms with Crippen molar-refractivity contribution in [2.45, 2.75) is 39.2 Å². The maximum absolute atomic E-state index is 13.5. The van der Waals surface area contributed by atoms with E-state index in [0.29, 0.717) is 24.2 Å². The number of ketones is 1. The zero-order valence-corrected chi connectivity index (χ0v) is 16.7. The third kappa shape index (κ3) is 3.67.